The number of benzene rings is 3. The van der Waals surface area contributed by atoms with E-state index in [0.29, 0.717) is 17.3 Å². The Morgan fingerprint density at radius 1 is 1.00 bits per heavy atom. The summed E-state index contributed by atoms with van der Waals surface area (Å²) in [4.78, 5) is 29.1. The number of halogens is 2. The molecule has 0 spiro atoms. The average Bonchev–Trinajstić information content (AvgIpc) is 3.16. The van der Waals surface area contributed by atoms with Crippen LogP contribution in [0.1, 0.15) is 32.0 Å². The van der Waals surface area contributed by atoms with Gasteiger partial charge in [0.15, 0.2) is 0 Å². The topological polar surface area (TPSA) is 73.4 Å². The number of hydrogen-bond acceptors (Lipinski definition) is 2. The van der Waals surface area contributed by atoms with E-state index in [0.717, 1.165) is 33.2 Å². The SMILES string of the molecule is Cc1ccc(-c2ccc(C(=O)O)c(Cl)c2)c(CN(C)C(=O)c2cc3ccc(Cl)cc3[nH]2)c1. The number of carbonyl (C=O) groups excluding carboxylic acids is 1. The van der Waals surface area contributed by atoms with Crippen LogP contribution in [0.5, 0.6) is 0 Å². The van der Waals surface area contributed by atoms with Crippen LogP contribution in [0.3, 0.4) is 0 Å². The van der Waals surface area contributed by atoms with Gasteiger partial charge >= 0.3 is 5.97 Å². The first-order valence-electron chi connectivity index (χ1n) is 9.89. The van der Waals surface area contributed by atoms with Crippen molar-refractivity contribution in [3.63, 3.8) is 0 Å². The Balaban J connectivity index is 1.65. The third-order valence-corrected chi connectivity index (χ3v) is 5.89. The molecule has 3 aromatic carbocycles. The fraction of sp³-hybridized carbons (Fsp3) is 0.120. The number of amides is 1. The van der Waals surface area contributed by atoms with E-state index in [4.69, 9.17) is 23.2 Å². The Kier molecular flexibility index (Phi) is 5.96. The van der Waals surface area contributed by atoms with Crippen LogP contribution in [0, 0.1) is 6.92 Å². The van der Waals surface area contributed by atoms with Crippen LogP contribution in [0.15, 0.2) is 60.7 Å². The van der Waals surface area contributed by atoms with Gasteiger partial charge in [0.2, 0.25) is 0 Å². The number of hydrogen-bond donors (Lipinski definition) is 2. The minimum absolute atomic E-state index is 0.0512. The molecule has 0 aliphatic heterocycles. The van der Waals surface area contributed by atoms with Gasteiger partial charge in [-0.25, -0.2) is 4.79 Å². The van der Waals surface area contributed by atoms with E-state index in [1.54, 1.807) is 36.2 Å². The van der Waals surface area contributed by atoms with Gasteiger partial charge in [0.1, 0.15) is 5.69 Å². The lowest BCUT2D eigenvalue weighted by atomic mass is 9.96. The molecule has 2 N–H and O–H groups in total. The van der Waals surface area contributed by atoms with Crippen molar-refractivity contribution < 1.29 is 14.7 Å². The summed E-state index contributed by atoms with van der Waals surface area (Å²) >= 11 is 12.2. The number of carboxylic acids is 1. The molecule has 0 aliphatic rings. The second kappa shape index (κ2) is 8.69. The maximum absolute atomic E-state index is 13.1. The molecule has 0 unspecified atom stereocenters. The van der Waals surface area contributed by atoms with E-state index in [2.05, 4.69) is 4.98 Å². The minimum Gasteiger partial charge on any atom is -0.478 e. The molecule has 0 radical (unpaired) electrons. The fourth-order valence-corrected chi connectivity index (χ4v) is 4.17. The molecule has 0 fully saturated rings. The van der Waals surface area contributed by atoms with Crippen LogP contribution in [-0.2, 0) is 6.54 Å². The third kappa shape index (κ3) is 4.35. The van der Waals surface area contributed by atoms with Gasteiger partial charge in [0, 0.05) is 29.5 Å². The molecule has 162 valence electrons. The standard InChI is InChI=1S/C25H20Cl2N2O3/c1-14-3-7-19(15-5-8-20(25(31)32)21(27)10-15)17(9-14)13-29(2)24(30)23-11-16-4-6-18(26)12-22(16)28-23/h3-12,28H,13H2,1-2H3,(H,31,32). The molecule has 32 heavy (non-hydrogen) atoms. The molecule has 0 saturated carbocycles. The minimum atomic E-state index is -1.07. The number of carbonyl (C=O) groups is 2. The molecule has 0 saturated heterocycles. The molecule has 4 aromatic rings. The summed E-state index contributed by atoms with van der Waals surface area (Å²) in [6.07, 6.45) is 0. The van der Waals surface area contributed by atoms with Crippen LogP contribution in [0.2, 0.25) is 10.0 Å². The van der Waals surface area contributed by atoms with E-state index >= 15 is 0 Å². The molecular weight excluding hydrogens is 447 g/mol. The van der Waals surface area contributed by atoms with Gasteiger partial charge in [-0.05, 0) is 53.9 Å². The number of nitrogens with zero attached hydrogens (tertiary/aromatic N) is 1. The molecule has 1 amide bonds. The molecule has 0 aliphatic carbocycles. The first-order valence-corrected chi connectivity index (χ1v) is 10.6. The van der Waals surface area contributed by atoms with E-state index in [1.165, 1.54) is 6.07 Å². The lowest BCUT2D eigenvalue weighted by Crippen LogP contribution is -2.26. The van der Waals surface area contributed by atoms with Crippen molar-refractivity contribution in [1.82, 2.24) is 9.88 Å². The van der Waals surface area contributed by atoms with Gasteiger partial charge in [-0.2, -0.15) is 0 Å². The first-order chi connectivity index (χ1) is 15.2. The number of aryl methyl sites for hydroxylation is 1. The Hall–Kier alpha value is -3.28. The Morgan fingerprint density at radius 2 is 1.78 bits per heavy atom. The highest BCUT2D eigenvalue weighted by atomic mass is 35.5. The van der Waals surface area contributed by atoms with Gasteiger partial charge in [0.05, 0.1) is 10.6 Å². The fourth-order valence-electron chi connectivity index (χ4n) is 3.74. The summed E-state index contributed by atoms with van der Waals surface area (Å²) in [6, 6.07) is 18.1. The smallest absolute Gasteiger partial charge is 0.337 e. The van der Waals surface area contributed by atoms with Crippen LogP contribution < -0.4 is 0 Å². The van der Waals surface area contributed by atoms with Crippen molar-refractivity contribution in [1.29, 1.82) is 0 Å². The third-order valence-electron chi connectivity index (χ3n) is 5.34. The molecule has 0 atom stereocenters. The summed E-state index contributed by atoms with van der Waals surface area (Å²) in [5.74, 6) is -1.22. The maximum Gasteiger partial charge on any atom is 0.337 e. The van der Waals surface area contributed by atoms with Crippen molar-refractivity contribution in [3.05, 3.63) is 93.1 Å². The van der Waals surface area contributed by atoms with E-state index in [-0.39, 0.29) is 16.5 Å². The summed E-state index contributed by atoms with van der Waals surface area (Å²) < 4.78 is 0. The van der Waals surface area contributed by atoms with Crippen molar-refractivity contribution in [2.45, 2.75) is 13.5 Å². The Morgan fingerprint density at radius 3 is 2.50 bits per heavy atom. The number of H-pyrrole nitrogens is 1. The summed E-state index contributed by atoms with van der Waals surface area (Å²) in [5, 5.41) is 10.9. The Labute approximate surface area is 195 Å². The Bertz CT molecular complexity index is 1360. The zero-order valence-electron chi connectivity index (χ0n) is 17.4. The predicted octanol–water partition coefficient (Wildman–Crippen LogP) is 6.42. The normalized spacial score (nSPS) is 11.0. The summed E-state index contributed by atoms with van der Waals surface area (Å²) in [7, 11) is 1.74. The van der Waals surface area contributed by atoms with Crippen LogP contribution in [-0.4, -0.2) is 33.9 Å². The first kappa shape index (κ1) is 21.9. The van der Waals surface area contributed by atoms with E-state index in [1.807, 2.05) is 37.3 Å². The van der Waals surface area contributed by atoms with Gasteiger partial charge in [-0.1, -0.05) is 59.1 Å². The molecular formula is C25H20Cl2N2O3. The monoisotopic (exact) mass is 466 g/mol. The van der Waals surface area contributed by atoms with Gasteiger partial charge in [0.25, 0.3) is 5.91 Å². The van der Waals surface area contributed by atoms with E-state index in [9.17, 15) is 14.7 Å². The lowest BCUT2D eigenvalue weighted by molar-refractivity contribution is 0.0696. The van der Waals surface area contributed by atoms with Crippen molar-refractivity contribution in [3.8, 4) is 11.1 Å². The number of aromatic nitrogens is 1. The van der Waals surface area contributed by atoms with Crippen LogP contribution in [0.4, 0.5) is 0 Å². The lowest BCUT2D eigenvalue weighted by Gasteiger charge is -2.20. The molecule has 0 bridgehead atoms. The molecule has 1 aromatic heterocycles. The zero-order valence-corrected chi connectivity index (χ0v) is 19.0. The van der Waals surface area contributed by atoms with Crippen molar-refractivity contribution >= 4 is 46.0 Å². The van der Waals surface area contributed by atoms with E-state index < -0.39 is 5.97 Å². The summed E-state index contributed by atoms with van der Waals surface area (Å²) in [6.45, 7) is 2.35. The van der Waals surface area contributed by atoms with Crippen molar-refractivity contribution in [2.24, 2.45) is 0 Å². The average molecular weight is 467 g/mol. The highest BCUT2D eigenvalue weighted by molar-refractivity contribution is 6.33. The molecule has 5 nitrogen and oxygen atoms in total. The van der Waals surface area contributed by atoms with Crippen LogP contribution in [0.25, 0.3) is 22.0 Å². The zero-order chi connectivity index (χ0) is 23.0. The number of aromatic carboxylic acids is 1. The highest BCUT2D eigenvalue weighted by Gasteiger charge is 2.18. The number of nitrogens with one attached hydrogen (secondary N) is 1. The number of rotatable bonds is 5. The number of aromatic amines is 1. The second-order valence-electron chi connectivity index (χ2n) is 7.74. The van der Waals surface area contributed by atoms with Crippen molar-refractivity contribution in [2.75, 3.05) is 7.05 Å². The number of carboxylic acid groups (broad SMARTS) is 1. The summed E-state index contributed by atoms with van der Waals surface area (Å²) in [5.41, 5.74) is 4.99. The molecule has 1 heterocycles. The second-order valence-corrected chi connectivity index (χ2v) is 8.58. The van der Waals surface area contributed by atoms with Gasteiger partial charge in [-0.3, -0.25) is 4.79 Å². The van der Waals surface area contributed by atoms with Gasteiger partial charge in [-0.15, -0.1) is 0 Å². The number of fused-ring (bicyclic) bond motifs is 1. The van der Waals surface area contributed by atoms with Crippen LogP contribution >= 0.6 is 23.2 Å². The van der Waals surface area contributed by atoms with Gasteiger partial charge < -0.3 is 15.0 Å². The maximum atomic E-state index is 13.1. The molecule has 4 rings (SSSR count). The predicted molar refractivity (Wildman–Crippen MR) is 128 cm³/mol. The quantitative estimate of drug-likeness (QED) is 0.356. The highest BCUT2D eigenvalue weighted by Crippen LogP contribution is 2.30. The largest absolute Gasteiger partial charge is 0.478 e. The molecule has 7 heteroatoms.